The van der Waals surface area contributed by atoms with Crippen molar-refractivity contribution in [2.45, 2.75) is 55.2 Å². The van der Waals surface area contributed by atoms with Crippen molar-refractivity contribution in [2.24, 2.45) is 0 Å². The number of benzene rings is 1. The van der Waals surface area contributed by atoms with Gasteiger partial charge in [0.05, 0.1) is 20.0 Å². The van der Waals surface area contributed by atoms with Crippen LogP contribution in [0.1, 0.15) is 6.23 Å². The molecule has 6 N–H and O–H groups in total. The van der Waals surface area contributed by atoms with Crippen LogP contribution in [0.3, 0.4) is 0 Å². The van der Waals surface area contributed by atoms with E-state index in [1.54, 1.807) is 30.3 Å². The first kappa shape index (κ1) is 24.6. The standard InChI is InChI=1S/C23H27N3O10/c1-32-11-4-2-3-10(7-11)12-8-26(23(31)25-20(12)24)21-17(30)19(18(35-21)13-5-6-33-13)36-22-16(29)15(28)14(9-27)34-22/h2-8,13-19,21-22,27-30H,9H2,1H3,(H2,24,25,31)/t13?,14-,15-,16-,17-,18-,19+,21-,22?/m1/s1. The topological polar surface area (TPSA) is 188 Å². The van der Waals surface area contributed by atoms with Crippen LogP contribution in [0.15, 0.2) is 47.6 Å². The summed E-state index contributed by atoms with van der Waals surface area (Å²) in [5, 5.41) is 40.9. The normalized spacial score (nSPS) is 35.4. The lowest BCUT2D eigenvalue weighted by Crippen LogP contribution is -2.46. The SMILES string of the molecule is COc1cccc(-c2cn([C@@H]3O[C@H](C4C=CO4)[C@@H](OC4O[C@H](CO)[C@@H](O)[C@H]4O)[C@H]3O)c(=O)nc2N)c1. The van der Waals surface area contributed by atoms with E-state index in [0.717, 1.165) is 4.57 Å². The molecule has 0 amide bonds. The van der Waals surface area contributed by atoms with E-state index in [0.29, 0.717) is 16.9 Å². The van der Waals surface area contributed by atoms with Gasteiger partial charge in [0.15, 0.2) is 12.5 Å². The number of anilines is 1. The smallest absolute Gasteiger partial charge is 0.351 e. The Bertz CT molecular complexity index is 1190. The molecule has 13 heteroatoms. The van der Waals surface area contributed by atoms with Gasteiger partial charge >= 0.3 is 5.69 Å². The van der Waals surface area contributed by atoms with Gasteiger partial charge in [0.2, 0.25) is 0 Å². The van der Waals surface area contributed by atoms with Gasteiger partial charge in [-0.2, -0.15) is 4.98 Å². The van der Waals surface area contributed by atoms with Gasteiger partial charge in [-0.15, -0.1) is 0 Å². The molecular weight excluding hydrogens is 478 g/mol. The Balaban J connectivity index is 1.46. The molecule has 4 heterocycles. The third-order valence-electron chi connectivity index (χ3n) is 6.50. The first-order chi connectivity index (χ1) is 17.3. The third kappa shape index (κ3) is 4.24. The van der Waals surface area contributed by atoms with E-state index in [-0.39, 0.29) is 5.82 Å². The number of rotatable bonds is 7. The fourth-order valence-corrected chi connectivity index (χ4v) is 4.49. The molecule has 0 bridgehead atoms. The second-order valence-corrected chi connectivity index (χ2v) is 8.68. The molecule has 3 aliphatic heterocycles. The third-order valence-corrected chi connectivity index (χ3v) is 6.50. The van der Waals surface area contributed by atoms with Crippen LogP contribution in [-0.4, -0.2) is 92.7 Å². The fraction of sp³-hybridized carbons (Fsp3) is 0.478. The molecule has 0 aliphatic carbocycles. The summed E-state index contributed by atoms with van der Waals surface area (Å²) in [6.07, 6.45) is -6.08. The monoisotopic (exact) mass is 505 g/mol. The summed E-state index contributed by atoms with van der Waals surface area (Å²) in [5.74, 6) is 0.556. The maximum absolute atomic E-state index is 12.8. The summed E-state index contributed by atoms with van der Waals surface area (Å²) in [4.78, 5) is 16.7. The highest BCUT2D eigenvalue weighted by Gasteiger charge is 2.54. The number of nitrogens with zero attached hydrogens (tertiary/aromatic N) is 2. The molecule has 5 rings (SSSR count). The number of nitrogens with two attached hydrogens (primary N) is 1. The van der Waals surface area contributed by atoms with Crippen molar-refractivity contribution in [1.29, 1.82) is 0 Å². The number of hydrogen-bond acceptors (Lipinski definition) is 12. The summed E-state index contributed by atoms with van der Waals surface area (Å²) in [6, 6.07) is 6.99. The minimum Gasteiger partial charge on any atom is -0.497 e. The second-order valence-electron chi connectivity index (χ2n) is 8.68. The highest BCUT2D eigenvalue weighted by atomic mass is 16.7. The molecule has 9 atom stereocenters. The van der Waals surface area contributed by atoms with E-state index >= 15 is 0 Å². The molecule has 0 spiro atoms. The zero-order valence-corrected chi connectivity index (χ0v) is 19.2. The van der Waals surface area contributed by atoms with Gasteiger partial charge in [-0.25, -0.2) is 4.79 Å². The molecule has 0 radical (unpaired) electrons. The van der Waals surface area contributed by atoms with E-state index in [4.69, 9.17) is 29.4 Å². The Kier molecular flexibility index (Phi) is 6.70. The first-order valence-electron chi connectivity index (χ1n) is 11.3. The summed E-state index contributed by atoms with van der Waals surface area (Å²) in [5.41, 5.74) is 6.31. The molecule has 1 aromatic heterocycles. The van der Waals surface area contributed by atoms with E-state index in [1.165, 1.54) is 19.6 Å². The Morgan fingerprint density at radius 3 is 2.58 bits per heavy atom. The van der Waals surface area contributed by atoms with Crippen LogP contribution in [0, 0.1) is 0 Å². The minimum absolute atomic E-state index is 0.0156. The quantitative estimate of drug-likeness (QED) is 0.293. The molecule has 2 aromatic rings. The van der Waals surface area contributed by atoms with Crippen molar-refractivity contribution < 1.29 is 44.1 Å². The van der Waals surface area contributed by atoms with Gasteiger partial charge in [0, 0.05) is 11.8 Å². The zero-order chi connectivity index (χ0) is 25.6. The van der Waals surface area contributed by atoms with Crippen molar-refractivity contribution in [2.75, 3.05) is 19.5 Å². The number of ether oxygens (including phenoxy) is 5. The van der Waals surface area contributed by atoms with Crippen LogP contribution < -0.4 is 16.2 Å². The van der Waals surface area contributed by atoms with Crippen molar-refractivity contribution in [3.63, 3.8) is 0 Å². The van der Waals surface area contributed by atoms with Gasteiger partial charge in [-0.05, 0) is 23.8 Å². The molecule has 2 fully saturated rings. The summed E-state index contributed by atoms with van der Waals surface area (Å²) >= 11 is 0. The van der Waals surface area contributed by atoms with Gasteiger partial charge in [-0.1, -0.05) is 12.1 Å². The predicted octanol–water partition coefficient (Wildman–Crippen LogP) is -1.50. The fourth-order valence-electron chi connectivity index (χ4n) is 4.49. The van der Waals surface area contributed by atoms with E-state index in [1.807, 2.05) is 0 Å². The molecule has 36 heavy (non-hydrogen) atoms. The lowest BCUT2D eigenvalue weighted by Gasteiger charge is -2.31. The van der Waals surface area contributed by atoms with Crippen LogP contribution in [0.4, 0.5) is 5.82 Å². The molecular formula is C23H27N3O10. The summed E-state index contributed by atoms with van der Waals surface area (Å²) < 4.78 is 29.0. The summed E-state index contributed by atoms with van der Waals surface area (Å²) in [6.45, 7) is -0.540. The van der Waals surface area contributed by atoms with Crippen LogP contribution >= 0.6 is 0 Å². The van der Waals surface area contributed by atoms with Gasteiger partial charge in [0.25, 0.3) is 0 Å². The van der Waals surface area contributed by atoms with Crippen LogP contribution in [-0.2, 0) is 18.9 Å². The Morgan fingerprint density at radius 2 is 1.94 bits per heavy atom. The zero-order valence-electron chi connectivity index (χ0n) is 19.2. The second kappa shape index (κ2) is 9.78. The molecule has 2 saturated heterocycles. The highest BCUT2D eigenvalue weighted by Crippen LogP contribution is 2.38. The Morgan fingerprint density at radius 1 is 1.17 bits per heavy atom. The van der Waals surface area contributed by atoms with Gasteiger partial charge in [0.1, 0.15) is 54.3 Å². The van der Waals surface area contributed by atoms with Crippen molar-refractivity contribution in [1.82, 2.24) is 9.55 Å². The summed E-state index contributed by atoms with van der Waals surface area (Å²) in [7, 11) is 1.52. The Labute approximate surface area is 204 Å². The van der Waals surface area contributed by atoms with Crippen molar-refractivity contribution in [3.05, 3.63) is 53.3 Å². The average Bonchev–Trinajstić information content (AvgIpc) is 3.29. The number of aliphatic hydroxyl groups is 4. The minimum atomic E-state index is -1.48. The highest BCUT2D eigenvalue weighted by molar-refractivity contribution is 5.73. The predicted molar refractivity (Wildman–Crippen MR) is 121 cm³/mol. The van der Waals surface area contributed by atoms with E-state index in [9.17, 15) is 25.2 Å². The molecule has 194 valence electrons. The largest absolute Gasteiger partial charge is 0.497 e. The molecule has 1 aromatic carbocycles. The molecule has 13 nitrogen and oxygen atoms in total. The number of nitrogen functional groups attached to an aromatic ring is 1. The van der Waals surface area contributed by atoms with Crippen molar-refractivity contribution >= 4 is 5.82 Å². The van der Waals surface area contributed by atoms with Gasteiger partial charge in [-0.3, -0.25) is 4.57 Å². The van der Waals surface area contributed by atoms with Gasteiger partial charge < -0.3 is 49.8 Å². The molecule has 2 unspecified atom stereocenters. The number of methoxy groups -OCH3 is 1. The lowest BCUT2D eigenvalue weighted by molar-refractivity contribution is -0.219. The lowest BCUT2D eigenvalue weighted by atomic mass is 10.0. The molecule has 3 aliphatic rings. The number of aromatic nitrogens is 2. The Hall–Kier alpha value is -3.04. The average molecular weight is 505 g/mol. The maximum Gasteiger partial charge on any atom is 0.351 e. The van der Waals surface area contributed by atoms with Crippen molar-refractivity contribution in [3.8, 4) is 16.9 Å². The first-order valence-corrected chi connectivity index (χ1v) is 11.3. The number of hydrogen-bond donors (Lipinski definition) is 5. The molecule has 0 saturated carbocycles. The maximum atomic E-state index is 12.8. The number of aliphatic hydroxyl groups excluding tert-OH is 4. The van der Waals surface area contributed by atoms with E-state index in [2.05, 4.69) is 4.98 Å². The van der Waals surface area contributed by atoms with Crippen LogP contribution in [0.2, 0.25) is 0 Å². The van der Waals surface area contributed by atoms with Crippen LogP contribution in [0.25, 0.3) is 11.1 Å². The van der Waals surface area contributed by atoms with E-state index < -0.39 is 67.5 Å². The van der Waals surface area contributed by atoms with Crippen LogP contribution in [0.5, 0.6) is 5.75 Å².